The van der Waals surface area contributed by atoms with Crippen LogP contribution >= 0.6 is 0 Å². The lowest BCUT2D eigenvalue weighted by Crippen LogP contribution is -1.97. The lowest BCUT2D eigenvalue weighted by molar-refractivity contribution is 0.112. The molecule has 0 saturated carbocycles. The van der Waals surface area contributed by atoms with Gasteiger partial charge in [-0.05, 0) is 35.9 Å². The van der Waals surface area contributed by atoms with E-state index < -0.39 is 0 Å². The summed E-state index contributed by atoms with van der Waals surface area (Å²) in [5.41, 5.74) is 3.00. The SMILES string of the molecule is O=Cc1ccc2c(ccn2Cc2cccnc2)c1. The van der Waals surface area contributed by atoms with Gasteiger partial charge in [0.15, 0.2) is 0 Å². The van der Waals surface area contributed by atoms with Gasteiger partial charge in [0.05, 0.1) is 0 Å². The van der Waals surface area contributed by atoms with Crippen molar-refractivity contribution in [2.24, 2.45) is 0 Å². The average Bonchev–Trinajstić information content (AvgIpc) is 2.82. The summed E-state index contributed by atoms with van der Waals surface area (Å²) in [6.07, 6.45) is 6.55. The first-order valence-corrected chi connectivity index (χ1v) is 5.80. The number of carbonyl (C=O) groups excluding carboxylic acids is 1. The molecular formula is C15H12N2O. The van der Waals surface area contributed by atoms with Gasteiger partial charge in [-0.2, -0.15) is 0 Å². The van der Waals surface area contributed by atoms with Crippen molar-refractivity contribution in [1.29, 1.82) is 0 Å². The molecule has 0 aliphatic carbocycles. The highest BCUT2D eigenvalue weighted by Crippen LogP contribution is 2.18. The second-order valence-corrected chi connectivity index (χ2v) is 4.24. The van der Waals surface area contributed by atoms with Crippen molar-refractivity contribution < 1.29 is 4.79 Å². The molecule has 1 aromatic carbocycles. The number of pyridine rings is 1. The number of hydrogen-bond donors (Lipinski definition) is 0. The van der Waals surface area contributed by atoms with E-state index in [4.69, 9.17) is 0 Å². The molecule has 0 radical (unpaired) electrons. The minimum absolute atomic E-state index is 0.710. The van der Waals surface area contributed by atoms with Gasteiger partial charge in [0.2, 0.25) is 0 Å². The van der Waals surface area contributed by atoms with Crippen LogP contribution in [-0.4, -0.2) is 15.8 Å². The van der Waals surface area contributed by atoms with E-state index in [1.165, 1.54) is 0 Å². The number of benzene rings is 1. The van der Waals surface area contributed by atoms with Gasteiger partial charge in [0, 0.05) is 41.6 Å². The molecule has 2 aromatic heterocycles. The number of nitrogens with zero attached hydrogens (tertiary/aromatic N) is 2. The lowest BCUT2D eigenvalue weighted by atomic mass is 10.2. The summed E-state index contributed by atoms with van der Waals surface area (Å²) < 4.78 is 2.15. The van der Waals surface area contributed by atoms with E-state index in [0.29, 0.717) is 5.56 Å². The van der Waals surface area contributed by atoms with Gasteiger partial charge in [-0.25, -0.2) is 0 Å². The molecule has 0 aliphatic rings. The first-order chi connectivity index (χ1) is 8.86. The molecule has 3 nitrogen and oxygen atoms in total. The number of fused-ring (bicyclic) bond motifs is 1. The van der Waals surface area contributed by atoms with E-state index in [-0.39, 0.29) is 0 Å². The monoisotopic (exact) mass is 236 g/mol. The van der Waals surface area contributed by atoms with Gasteiger partial charge in [-0.15, -0.1) is 0 Å². The molecule has 2 heterocycles. The summed E-state index contributed by atoms with van der Waals surface area (Å²) in [7, 11) is 0. The zero-order chi connectivity index (χ0) is 12.4. The van der Waals surface area contributed by atoms with Gasteiger partial charge < -0.3 is 4.57 Å². The van der Waals surface area contributed by atoms with Crippen molar-refractivity contribution in [1.82, 2.24) is 9.55 Å². The molecule has 0 aliphatic heterocycles. The fraction of sp³-hybridized carbons (Fsp3) is 0.0667. The molecule has 18 heavy (non-hydrogen) atoms. The van der Waals surface area contributed by atoms with Gasteiger partial charge in [0.1, 0.15) is 6.29 Å². The highest BCUT2D eigenvalue weighted by Gasteiger charge is 2.02. The lowest BCUT2D eigenvalue weighted by Gasteiger charge is -2.05. The van der Waals surface area contributed by atoms with Crippen LogP contribution in [0.15, 0.2) is 55.0 Å². The van der Waals surface area contributed by atoms with Crippen LogP contribution in [0.25, 0.3) is 10.9 Å². The van der Waals surface area contributed by atoms with E-state index >= 15 is 0 Å². The highest BCUT2D eigenvalue weighted by molar-refractivity contribution is 5.87. The number of carbonyl (C=O) groups is 1. The van der Waals surface area contributed by atoms with Crippen molar-refractivity contribution in [2.75, 3.05) is 0 Å². The van der Waals surface area contributed by atoms with Crippen LogP contribution in [0.5, 0.6) is 0 Å². The summed E-state index contributed by atoms with van der Waals surface area (Å²) in [4.78, 5) is 14.8. The number of hydrogen-bond acceptors (Lipinski definition) is 2. The van der Waals surface area contributed by atoms with Crippen molar-refractivity contribution in [2.45, 2.75) is 6.54 Å². The third-order valence-electron chi connectivity index (χ3n) is 3.01. The quantitative estimate of drug-likeness (QED) is 0.655. The summed E-state index contributed by atoms with van der Waals surface area (Å²) >= 11 is 0. The summed E-state index contributed by atoms with van der Waals surface area (Å²) in [5, 5.41) is 1.09. The Morgan fingerprint density at radius 1 is 1.22 bits per heavy atom. The van der Waals surface area contributed by atoms with Crippen LogP contribution in [0.3, 0.4) is 0 Å². The topological polar surface area (TPSA) is 34.9 Å². The first-order valence-electron chi connectivity index (χ1n) is 5.80. The number of rotatable bonds is 3. The predicted molar refractivity (Wildman–Crippen MR) is 70.7 cm³/mol. The van der Waals surface area contributed by atoms with Crippen molar-refractivity contribution in [3.63, 3.8) is 0 Å². The highest BCUT2D eigenvalue weighted by atomic mass is 16.1. The van der Waals surface area contributed by atoms with Crippen LogP contribution in [0, 0.1) is 0 Å². The van der Waals surface area contributed by atoms with E-state index in [0.717, 1.165) is 29.3 Å². The molecule has 0 fully saturated rings. The second kappa shape index (κ2) is 4.45. The molecule has 0 bridgehead atoms. The van der Waals surface area contributed by atoms with E-state index in [2.05, 4.69) is 15.6 Å². The molecule has 0 amide bonds. The predicted octanol–water partition coefficient (Wildman–Crippen LogP) is 2.90. The molecular weight excluding hydrogens is 224 g/mol. The van der Waals surface area contributed by atoms with Crippen molar-refractivity contribution in [3.8, 4) is 0 Å². The zero-order valence-electron chi connectivity index (χ0n) is 9.78. The molecule has 0 spiro atoms. The number of aldehydes is 1. The number of aromatic nitrogens is 2. The van der Waals surface area contributed by atoms with Gasteiger partial charge in [-0.1, -0.05) is 6.07 Å². The second-order valence-electron chi connectivity index (χ2n) is 4.24. The molecule has 3 aromatic rings. The molecule has 0 saturated heterocycles. The van der Waals surface area contributed by atoms with Crippen LogP contribution in [0.4, 0.5) is 0 Å². The molecule has 0 unspecified atom stereocenters. The third kappa shape index (κ3) is 1.91. The van der Waals surface area contributed by atoms with E-state index in [1.54, 1.807) is 6.20 Å². The maximum atomic E-state index is 10.7. The van der Waals surface area contributed by atoms with Crippen LogP contribution in [-0.2, 0) is 6.54 Å². The Balaban J connectivity index is 2.00. The van der Waals surface area contributed by atoms with Crippen LogP contribution in [0.1, 0.15) is 15.9 Å². The Kier molecular flexibility index (Phi) is 2.65. The molecule has 0 N–H and O–H groups in total. The minimum atomic E-state index is 0.710. The van der Waals surface area contributed by atoms with Crippen molar-refractivity contribution >= 4 is 17.2 Å². The normalized spacial score (nSPS) is 10.7. The Bertz CT molecular complexity index is 686. The smallest absolute Gasteiger partial charge is 0.150 e. The Hall–Kier alpha value is -2.42. The zero-order valence-corrected chi connectivity index (χ0v) is 9.78. The van der Waals surface area contributed by atoms with Crippen LogP contribution < -0.4 is 0 Å². The Morgan fingerprint density at radius 2 is 2.17 bits per heavy atom. The van der Waals surface area contributed by atoms with E-state index in [9.17, 15) is 4.79 Å². The van der Waals surface area contributed by atoms with E-state index in [1.807, 2.05) is 42.7 Å². The average molecular weight is 236 g/mol. The fourth-order valence-electron chi connectivity index (χ4n) is 2.12. The van der Waals surface area contributed by atoms with Gasteiger partial charge >= 0.3 is 0 Å². The maximum absolute atomic E-state index is 10.7. The first kappa shape index (κ1) is 10.7. The summed E-state index contributed by atoms with van der Waals surface area (Å²) in [5.74, 6) is 0. The largest absolute Gasteiger partial charge is 0.343 e. The summed E-state index contributed by atoms with van der Waals surface area (Å²) in [6, 6.07) is 11.7. The molecule has 3 heteroatoms. The summed E-state index contributed by atoms with van der Waals surface area (Å²) in [6.45, 7) is 0.789. The standard InChI is InChI=1S/C15H12N2O/c18-11-12-3-4-15-14(8-12)5-7-17(15)10-13-2-1-6-16-9-13/h1-9,11H,10H2. The Morgan fingerprint density at radius 3 is 2.94 bits per heavy atom. The minimum Gasteiger partial charge on any atom is -0.343 e. The molecule has 0 atom stereocenters. The molecule has 3 rings (SSSR count). The van der Waals surface area contributed by atoms with Crippen molar-refractivity contribution in [3.05, 3.63) is 66.1 Å². The maximum Gasteiger partial charge on any atom is 0.150 e. The Labute approximate surface area is 105 Å². The third-order valence-corrected chi connectivity index (χ3v) is 3.01. The van der Waals surface area contributed by atoms with Crippen LogP contribution in [0.2, 0.25) is 0 Å². The fourth-order valence-corrected chi connectivity index (χ4v) is 2.12. The van der Waals surface area contributed by atoms with Gasteiger partial charge in [0.25, 0.3) is 0 Å². The van der Waals surface area contributed by atoms with Gasteiger partial charge in [-0.3, -0.25) is 9.78 Å². The molecule has 88 valence electrons.